The molecule has 1 fully saturated rings. The molecule has 0 saturated heterocycles. The minimum Gasteiger partial charge on any atom is -0.343 e. The molecule has 3 N–H and O–H groups in total. The molecule has 1 saturated carbocycles. The zero-order chi connectivity index (χ0) is 17.8. The van der Waals surface area contributed by atoms with Gasteiger partial charge >= 0.3 is 0 Å². The summed E-state index contributed by atoms with van der Waals surface area (Å²) in [5.41, 5.74) is 7.97. The molecule has 6 heteroatoms. The Labute approximate surface area is 148 Å². The first-order valence-electron chi connectivity index (χ1n) is 9.00. The Kier molecular flexibility index (Phi) is 5.48. The van der Waals surface area contributed by atoms with Crippen molar-refractivity contribution in [2.75, 3.05) is 0 Å². The van der Waals surface area contributed by atoms with Crippen LogP contribution < -0.4 is 11.1 Å². The average Bonchev–Trinajstić information content (AvgIpc) is 3.13. The number of hydrogen-bond acceptors (Lipinski definition) is 5. The van der Waals surface area contributed by atoms with Crippen molar-refractivity contribution in [1.29, 1.82) is 0 Å². The van der Waals surface area contributed by atoms with E-state index in [-0.39, 0.29) is 11.9 Å². The molecule has 1 aromatic carbocycles. The van der Waals surface area contributed by atoms with Crippen molar-refractivity contribution in [1.82, 2.24) is 15.5 Å². The second-order valence-corrected chi connectivity index (χ2v) is 6.94. The van der Waals surface area contributed by atoms with E-state index < -0.39 is 6.04 Å². The number of nitrogens with zero attached hydrogens (tertiary/aromatic N) is 2. The van der Waals surface area contributed by atoms with Crippen LogP contribution in [0.25, 0.3) is 0 Å². The van der Waals surface area contributed by atoms with Gasteiger partial charge in [-0.25, -0.2) is 0 Å². The van der Waals surface area contributed by atoms with E-state index in [1.165, 1.54) is 19.3 Å². The molecule has 134 valence electrons. The molecule has 0 radical (unpaired) electrons. The van der Waals surface area contributed by atoms with E-state index in [4.69, 9.17) is 10.3 Å². The Morgan fingerprint density at radius 1 is 1.24 bits per heavy atom. The Morgan fingerprint density at radius 3 is 2.60 bits per heavy atom. The first kappa shape index (κ1) is 17.6. The van der Waals surface area contributed by atoms with Crippen LogP contribution in [0.15, 0.2) is 28.8 Å². The predicted octanol–water partition coefficient (Wildman–Crippen LogP) is 3.30. The highest BCUT2D eigenvalue weighted by atomic mass is 16.5. The van der Waals surface area contributed by atoms with E-state index >= 15 is 0 Å². The van der Waals surface area contributed by atoms with Crippen LogP contribution in [0.5, 0.6) is 0 Å². The molecule has 2 unspecified atom stereocenters. The SMILES string of the molecule is Cc1ccc(C(N)C(=O)NC(C)c2nc(C3CCCCC3)no2)cc1. The molecule has 1 aliphatic rings. The summed E-state index contributed by atoms with van der Waals surface area (Å²) in [5.74, 6) is 1.32. The Morgan fingerprint density at radius 2 is 1.92 bits per heavy atom. The highest BCUT2D eigenvalue weighted by Crippen LogP contribution is 2.31. The van der Waals surface area contributed by atoms with Crippen LogP contribution in [0.1, 0.15) is 79.9 Å². The predicted molar refractivity (Wildman–Crippen MR) is 94.8 cm³/mol. The number of aromatic nitrogens is 2. The van der Waals surface area contributed by atoms with Crippen LogP contribution in [0.4, 0.5) is 0 Å². The normalized spacial score (nSPS) is 17.9. The monoisotopic (exact) mass is 342 g/mol. The third kappa shape index (κ3) is 4.25. The van der Waals surface area contributed by atoms with Crippen LogP contribution in [0, 0.1) is 6.92 Å². The standard InChI is InChI=1S/C19H26N4O2/c1-12-8-10-14(11-9-12)16(20)18(24)21-13(2)19-22-17(23-25-19)15-6-4-3-5-7-15/h8-11,13,15-16H,3-7,20H2,1-2H3,(H,21,24). The maximum Gasteiger partial charge on any atom is 0.248 e. The summed E-state index contributed by atoms with van der Waals surface area (Å²) >= 11 is 0. The van der Waals surface area contributed by atoms with Gasteiger partial charge in [0.25, 0.3) is 0 Å². The van der Waals surface area contributed by atoms with Crippen LogP contribution in [-0.4, -0.2) is 16.0 Å². The number of carbonyl (C=O) groups excluding carboxylic acids is 1. The topological polar surface area (TPSA) is 94.0 Å². The molecule has 25 heavy (non-hydrogen) atoms. The Bertz CT molecular complexity index is 704. The lowest BCUT2D eigenvalue weighted by Gasteiger charge is -2.17. The highest BCUT2D eigenvalue weighted by Gasteiger charge is 2.25. The lowest BCUT2D eigenvalue weighted by atomic mass is 9.89. The number of nitrogens with one attached hydrogen (secondary N) is 1. The summed E-state index contributed by atoms with van der Waals surface area (Å²) in [6, 6.07) is 6.55. The molecule has 1 heterocycles. The molecule has 0 aliphatic heterocycles. The first-order valence-corrected chi connectivity index (χ1v) is 9.00. The molecule has 6 nitrogen and oxygen atoms in total. The highest BCUT2D eigenvalue weighted by molar-refractivity contribution is 5.83. The third-order valence-electron chi connectivity index (χ3n) is 4.88. The number of benzene rings is 1. The van der Waals surface area contributed by atoms with Crippen molar-refractivity contribution in [3.05, 3.63) is 47.1 Å². The van der Waals surface area contributed by atoms with Crippen molar-refractivity contribution in [2.45, 2.75) is 64.0 Å². The maximum absolute atomic E-state index is 12.4. The van der Waals surface area contributed by atoms with E-state index in [2.05, 4.69) is 15.5 Å². The van der Waals surface area contributed by atoms with Gasteiger partial charge in [0.15, 0.2) is 5.82 Å². The van der Waals surface area contributed by atoms with E-state index in [0.29, 0.717) is 11.8 Å². The molecular formula is C19H26N4O2. The van der Waals surface area contributed by atoms with E-state index in [1.54, 1.807) is 0 Å². The van der Waals surface area contributed by atoms with Crippen molar-refractivity contribution >= 4 is 5.91 Å². The molecule has 3 rings (SSSR count). The van der Waals surface area contributed by atoms with Crippen molar-refractivity contribution in [2.24, 2.45) is 5.73 Å². The van der Waals surface area contributed by atoms with Gasteiger partial charge < -0.3 is 15.6 Å². The third-order valence-corrected chi connectivity index (χ3v) is 4.88. The molecular weight excluding hydrogens is 316 g/mol. The second-order valence-electron chi connectivity index (χ2n) is 6.94. The largest absolute Gasteiger partial charge is 0.343 e. The molecule has 1 aliphatic carbocycles. The molecule has 2 aromatic rings. The van der Waals surface area contributed by atoms with Crippen molar-refractivity contribution in [3.63, 3.8) is 0 Å². The second kappa shape index (κ2) is 7.78. The zero-order valence-corrected chi connectivity index (χ0v) is 14.9. The van der Waals surface area contributed by atoms with Gasteiger partial charge in [-0.2, -0.15) is 4.98 Å². The molecule has 2 atom stereocenters. The fraction of sp³-hybridized carbons (Fsp3) is 0.526. The Balaban J connectivity index is 1.61. The van der Waals surface area contributed by atoms with Gasteiger partial charge in [0.1, 0.15) is 12.1 Å². The van der Waals surface area contributed by atoms with Gasteiger partial charge in [-0.05, 0) is 32.3 Å². The number of aryl methyl sites for hydroxylation is 1. The van der Waals surface area contributed by atoms with Crippen LogP contribution >= 0.6 is 0 Å². The minimum absolute atomic E-state index is 0.256. The van der Waals surface area contributed by atoms with E-state index in [1.807, 2.05) is 38.1 Å². The number of rotatable bonds is 5. The van der Waals surface area contributed by atoms with E-state index in [9.17, 15) is 4.79 Å². The summed E-state index contributed by atoms with van der Waals surface area (Å²) in [5, 5.41) is 6.98. The van der Waals surface area contributed by atoms with Crippen LogP contribution in [0.3, 0.4) is 0 Å². The van der Waals surface area contributed by atoms with Crippen molar-refractivity contribution < 1.29 is 9.32 Å². The van der Waals surface area contributed by atoms with E-state index in [0.717, 1.165) is 29.8 Å². The minimum atomic E-state index is -0.719. The van der Waals surface area contributed by atoms with Gasteiger partial charge in [0, 0.05) is 5.92 Å². The molecule has 0 bridgehead atoms. The average molecular weight is 342 g/mol. The number of carbonyl (C=O) groups is 1. The van der Waals surface area contributed by atoms with Crippen LogP contribution in [0.2, 0.25) is 0 Å². The lowest BCUT2D eigenvalue weighted by Crippen LogP contribution is -2.35. The number of amides is 1. The van der Waals surface area contributed by atoms with Gasteiger partial charge in [0.05, 0.1) is 0 Å². The van der Waals surface area contributed by atoms with Gasteiger partial charge in [-0.1, -0.05) is 54.2 Å². The van der Waals surface area contributed by atoms with Crippen LogP contribution in [-0.2, 0) is 4.79 Å². The quantitative estimate of drug-likeness (QED) is 0.869. The molecule has 1 amide bonds. The number of hydrogen-bond donors (Lipinski definition) is 2. The summed E-state index contributed by atoms with van der Waals surface area (Å²) in [6.45, 7) is 3.83. The van der Waals surface area contributed by atoms with Gasteiger partial charge in [0.2, 0.25) is 11.8 Å². The molecule has 0 spiro atoms. The lowest BCUT2D eigenvalue weighted by molar-refractivity contribution is -0.123. The summed E-state index contributed by atoms with van der Waals surface area (Å²) in [7, 11) is 0. The fourth-order valence-electron chi connectivity index (χ4n) is 3.24. The summed E-state index contributed by atoms with van der Waals surface area (Å²) < 4.78 is 5.37. The zero-order valence-electron chi connectivity index (χ0n) is 14.9. The maximum atomic E-state index is 12.4. The Hall–Kier alpha value is -2.21. The smallest absolute Gasteiger partial charge is 0.248 e. The van der Waals surface area contributed by atoms with Gasteiger partial charge in [-0.15, -0.1) is 0 Å². The molecule has 1 aromatic heterocycles. The first-order chi connectivity index (χ1) is 12.0. The number of nitrogens with two attached hydrogens (primary N) is 1. The van der Waals surface area contributed by atoms with Crippen molar-refractivity contribution in [3.8, 4) is 0 Å². The van der Waals surface area contributed by atoms with Gasteiger partial charge in [-0.3, -0.25) is 4.79 Å². The summed E-state index contributed by atoms with van der Waals surface area (Å²) in [6.07, 6.45) is 5.93. The fourth-order valence-corrected chi connectivity index (χ4v) is 3.24. The summed E-state index contributed by atoms with van der Waals surface area (Å²) in [4.78, 5) is 16.9.